The second-order valence-corrected chi connectivity index (χ2v) is 5.09. The summed E-state index contributed by atoms with van der Waals surface area (Å²) in [6.07, 6.45) is 6.00. The van der Waals surface area contributed by atoms with Crippen LogP contribution in [0.4, 0.5) is 0 Å². The lowest BCUT2D eigenvalue weighted by Gasteiger charge is -2.38. The molecule has 1 aliphatic carbocycles. The molecule has 70 valence electrons. The maximum Gasteiger partial charge on any atom is 0.0833 e. The molecule has 0 aromatic carbocycles. The van der Waals surface area contributed by atoms with Gasteiger partial charge in [0.1, 0.15) is 0 Å². The third-order valence-electron chi connectivity index (χ3n) is 3.87. The minimum atomic E-state index is 0.869. The molecule has 12 heavy (non-hydrogen) atoms. The molecule has 0 atom stereocenters. The summed E-state index contributed by atoms with van der Waals surface area (Å²) in [6.45, 7) is 9.25. The molecule has 0 unspecified atom stereocenters. The fraction of sp³-hybridized carbons (Fsp3) is 1.00. The van der Waals surface area contributed by atoms with Gasteiger partial charge in [-0.1, -0.05) is 0 Å². The number of nitrogens with zero attached hydrogens (tertiary/aromatic N) is 1. The first-order valence-corrected chi connectivity index (χ1v) is 5.59. The second-order valence-electron chi connectivity index (χ2n) is 5.09. The van der Waals surface area contributed by atoms with Crippen LogP contribution in [-0.2, 0) is 0 Å². The Morgan fingerprint density at radius 1 is 1.17 bits per heavy atom. The van der Waals surface area contributed by atoms with Gasteiger partial charge in [0.2, 0.25) is 0 Å². The quantitative estimate of drug-likeness (QED) is 0.568. The van der Waals surface area contributed by atoms with E-state index in [1.54, 1.807) is 0 Å². The fourth-order valence-corrected chi connectivity index (χ4v) is 2.69. The molecular weight excluding hydrogens is 146 g/mol. The van der Waals surface area contributed by atoms with E-state index in [-0.39, 0.29) is 0 Å². The van der Waals surface area contributed by atoms with E-state index in [0.717, 1.165) is 12.0 Å². The highest BCUT2D eigenvalue weighted by molar-refractivity contribution is 4.74. The molecule has 1 saturated carbocycles. The zero-order chi connectivity index (χ0) is 8.60. The first-order valence-electron chi connectivity index (χ1n) is 5.59. The normalized spacial score (nSPS) is 28.2. The summed E-state index contributed by atoms with van der Waals surface area (Å²) >= 11 is 0. The van der Waals surface area contributed by atoms with Gasteiger partial charge in [0, 0.05) is 18.8 Å². The van der Waals surface area contributed by atoms with Crippen molar-refractivity contribution in [1.29, 1.82) is 0 Å². The van der Waals surface area contributed by atoms with E-state index < -0.39 is 0 Å². The van der Waals surface area contributed by atoms with Crippen LogP contribution in [-0.4, -0.2) is 30.2 Å². The van der Waals surface area contributed by atoms with Crippen molar-refractivity contribution >= 4 is 0 Å². The van der Waals surface area contributed by atoms with Gasteiger partial charge in [0.25, 0.3) is 0 Å². The second kappa shape index (κ2) is 3.02. The van der Waals surface area contributed by atoms with Crippen molar-refractivity contribution in [2.45, 2.75) is 45.6 Å². The molecule has 1 heterocycles. The Bertz CT molecular complexity index is 152. The van der Waals surface area contributed by atoms with Crippen molar-refractivity contribution in [3.63, 3.8) is 0 Å². The lowest BCUT2D eigenvalue weighted by molar-refractivity contribution is -0.938. The van der Waals surface area contributed by atoms with Crippen LogP contribution in [0.1, 0.15) is 39.5 Å². The molecule has 1 aliphatic heterocycles. The van der Waals surface area contributed by atoms with E-state index in [4.69, 9.17) is 0 Å². The van der Waals surface area contributed by atoms with E-state index in [1.807, 2.05) is 0 Å². The van der Waals surface area contributed by atoms with Crippen molar-refractivity contribution < 1.29 is 4.48 Å². The average Bonchev–Trinajstić information content (AvgIpc) is 2.66. The minimum Gasteiger partial charge on any atom is -0.321 e. The molecule has 2 fully saturated rings. The molecule has 0 spiro atoms. The summed E-state index contributed by atoms with van der Waals surface area (Å²) in [5.74, 6) is 1.10. The number of rotatable bonds is 3. The molecule has 1 heteroatoms. The third-order valence-corrected chi connectivity index (χ3v) is 3.87. The molecule has 0 bridgehead atoms. The standard InChI is InChI=1S/C11H22N/c1-10(2)12(7-3-4-8-12)9-11-5-6-11/h10-11H,3-9H2,1-2H3/q+1. The summed E-state index contributed by atoms with van der Waals surface area (Å²) in [7, 11) is 0. The Hall–Kier alpha value is -0.0400. The number of likely N-dealkylation sites (tertiary alicyclic amines) is 1. The van der Waals surface area contributed by atoms with Crippen molar-refractivity contribution in [1.82, 2.24) is 0 Å². The SMILES string of the molecule is CC(C)[N+]1(CC2CC2)CCCC1. The topological polar surface area (TPSA) is 0 Å². The van der Waals surface area contributed by atoms with Gasteiger partial charge < -0.3 is 4.48 Å². The average molecular weight is 168 g/mol. The van der Waals surface area contributed by atoms with Gasteiger partial charge in [-0.25, -0.2) is 0 Å². The lowest BCUT2D eigenvalue weighted by atomic mass is 10.2. The molecular formula is C11H22N+. The Balaban J connectivity index is 1.98. The predicted molar refractivity (Wildman–Crippen MR) is 52.0 cm³/mol. The van der Waals surface area contributed by atoms with Gasteiger partial charge >= 0.3 is 0 Å². The predicted octanol–water partition coefficient (Wildman–Crippen LogP) is 2.42. The Morgan fingerprint density at radius 3 is 2.17 bits per heavy atom. The first-order chi connectivity index (χ1) is 5.73. The van der Waals surface area contributed by atoms with Crippen LogP contribution >= 0.6 is 0 Å². The summed E-state index contributed by atoms with van der Waals surface area (Å²) in [6, 6.07) is 0.869. The van der Waals surface area contributed by atoms with Crippen molar-refractivity contribution in [3.05, 3.63) is 0 Å². The largest absolute Gasteiger partial charge is 0.321 e. The molecule has 0 radical (unpaired) electrons. The van der Waals surface area contributed by atoms with Crippen LogP contribution < -0.4 is 0 Å². The summed E-state index contributed by atoms with van der Waals surface area (Å²) in [5.41, 5.74) is 0. The zero-order valence-corrected chi connectivity index (χ0v) is 8.55. The maximum absolute atomic E-state index is 2.41. The minimum absolute atomic E-state index is 0.869. The van der Waals surface area contributed by atoms with E-state index in [2.05, 4.69) is 13.8 Å². The Morgan fingerprint density at radius 2 is 1.75 bits per heavy atom. The molecule has 0 aromatic rings. The van der Waals surface area contributed by atoms with Crippen LogP contribution in [0.3, 0.4) is 0 Å². The van der Waals surface area contributed by atoms with Crippen LogP contribution in [0.15, 0.2) is 0 Å². The number of hydrogen-bond acceptors (Lipinski definition) is 0. The number of hydrogen-bond donors (Lipinski definition) is 0. The van der Waals surface area contributed by atoms with Gasteiger partial charge in [0.05, 0.1) is 25.7 Å². The molecule has 0 aromatic heterocycles. The highest BCUT2D eigenvalue weighted by Crippen LogP contribution is 2.35. The molecule has 0 N–H and O–H groups in total. The van der Waals surface area contributed by atoms with Crippen LogP contribution in [0.2, 0.25) is 0 Å². The Labute approximate surface area is 76.3 Å². The maximum atomic E-state index is 2.41. The van der Waals surface area contributed by atoms with Crippen LogP contribution in [0, 0.1) is 5.92 Å². The molecule has 2 rings (SSSR count). The van der Waals surface area contributed by atoms with Gasteiger partial charge in [-0.3, -0.25) is 0 Å². The van der Waals surface area contributed by atoms with Gasteiger partial charge in [-0.2, -0.15) is 0 Å². The monoisotopic (exact) mass is 168 g/mol. The van der Waals surface area contributed by atoms with E-state index in [9.17, 15) is 0 Å². The highest BCUT2D eigenvalue weighted by atomic mass is 15.4. The van der Waals surface area contributed by atoms with Crippen LogP contribution in [0.25, 0.3) is 0 Å². The summed E-state index contributed by atoms with van der Waals surface area (Å²) < 4.78 is 1.45. The highest BCUT2D eigenvalue weighted by Gasteiger charge is 2.40. The van der Waals surface area contributed by atoms with Gasteiger partial charge in [0.15, 0.2) is 0 Å². The molecule has 1 saturated heterocycles. The van der Waals surface area contributed by atoms with Crippen molar-refractivity contribution in [2.75, 3.05) is 19.6 Å². The lowest BCUT2D eigenvalue weighted by Crippen LogP contribution is -2.51. The van der Waals surface area contributed by atoms with E-state index in [0.29, 0.717) is 0 Å². The zero-order valence-electron chi connectivity index (χ0n) is 8.55. The number of quaternary nitrogens is 1. The third kappa shape index (κ3) is 1.52. The van der Waals surface area contributed by atoms with Crippen molar-refractivity contribution in [3.8, 4) is 0 Å². The molecule has 2 aliphatic rings. The summed E-state index contributed by atoms with van der Waals surface area (Å²) in [5, 5.41) is 0. The van der Waals surface area contributed by atoms with Crippen LogP contribution in [0.5, 0.6) is 0 Å². The van der Waals surface area contributed by atoms with Gasteiger partial charge in [-0.15, -0.1) is 0 Å². The first kappa shape index (κ1) is 8.55. The smallest absolute Gasteiger partial charge is 0.0833 e. The van der Waals surface area contributed by atoms with E-state index in [1.165, 1.54) is 49.8 Å². The van der Waals surface area contributed by atoms with Gasteiger partial charge in [-0.05, 0) is 26.7 Å². The van der Waals surface area contributed by atoms with Crippen molar-refractivity contribution in [2.24, 2.45) is 5.92 Å². The van der Waals surface area contributed by atoms with E-state index >= 15 is 0 Å². The fourth-order valence-electron chi connectivity index (χ4n) is 2.69. The molecule has 0 amide bonds. The molecule has 1 nitrogen and oxygen atoms in total. The summed E-state index contributed by atoms with van der Waals surface area (Å²) in [4.78, 5) is 0. The Kier molecular flexibility index (Phi) is 2.16.